The number of nitrogens with zero attached hydrogens (tertiary/aromatic N) is 1. The molecular formula is C20H15N3O3. The molecule has 128 valence electrons. The van der Waals surface area contributed by atoms with Crippen LogP contribution in [0.2, 0.25) is 0 Å². The Labute approximate surface area is 150 Å². The van der Waals surface area contributed by atoms with Crippen LogP contribution in [0.15, 0.2) is 65.5 Å². The minimum absolute atomic E-state index is 0.269. The van der Waals surface area contributed by atoms with E-state index in [1.807, 2.05) is 0 Å². The summed E-state index contributed by atoms with van der Waals surface area (Å²) in [6.07, 6.45) is 4.52. The maximum Gasteiger partial charge on any atom is 0.291 e. The van der Waals surface area contributed by atoms with Gasteiger partial charge in [-0.15, -0.1) is 0 Å². The molecule has 0 unspecified atom stereocenters. The fraction of sp³-hybridized carbons (Fsp3) is 0.0500. The van der Waals surface area contributed by atoms with Crippen molar-refractivity contribution in [2.45, 2.75) is 6.92 Å². The summed E-state index contributed by atoms with van der Waals surface area (Å²) in [5, 5.41) is 5.25. The van der Waals surface area contributed by atoms with Crippen molar-refractivity contribution in [1.82, 2.24) is 10.3 Å². The van der Waals surface area contributed by atoms with Crippen molar-refractivity contribution in [2.75, 3.05) is 5.32 Å². The highest BCUT2D eigenvalue weighted by atomic mass is 16.3. The molecule has 0 aliphatic carbocycles. The van der Waals surface area contributed by atoms with E-state index < -0.39 is 0 Å². The molecule has 2 heterocycles. The first kappa shape index (κ1) is 17.0. The van der Waals surface area contributed by atoms with Crippen LogP contribution in [0, 0.1) is 18.9 Å². The van der Waals surface area contributed by atoms with Crippen LogP contribution in [-0.4, -0.2) is 16.8 Å². The summed E-state index contributed by atoms with van der Waals surface area (Å²) in [6.45, 7) is 1.80. The Kier molecular flexibility index (Phi) is 5.11. The van der Waals surface area contributed by atoms with Gasteiger partial charge in [0, 0.05) is 35.3 Å². The molecule has 26 heavy (non-hydrogen) atoms. The van der Waals surface area contributed by atoms with E-state index in [0.717, 1.165) is 5.56 Å². The van der Waals surface area contributed by atoms with E-state index in [0.29, 0.717) is 16.8 Å². The highest BCUT2D eigenvalue weighted by Gasteiger charge is 2.12. The molecule has 0 radical (unpaired) electrons. The molecule has 0 saturated heterocycles. The number of aryl methyl sites for hydroxylation is 1. The minimum atomic E-state index is -0.331. The van der Waals surface area contributed by atoms with Gasteiger partial charge in [0.1, 0.15) is 0 Å². The lowest BCUT2D eigenvalue weighted by Gasteiger charge is -2.04. The summed E-state index contributed by atoms with van der Waals surface area (Å²) < 4.78 is 5.17. The van der Waals surface area contributed by atoms with Gasteiger partial charge in [-0.2, -0.15) is 0 Å². The molecule has 6 nitrogen and oxygen atoms in total. The van der Waals surface area contributed by atoms with E-state index >= 15 is 0 Å². The lowest BCUT2D eigenvalue weighted by molar-refractivity contribution is 0.0970. The Balaban J connectivity index is 1.66. The molecule has 0 spiro atoms. The largest absolute Gasteiger partial charge is 0.459 e. The average Bonchev–Trinajstić information content (AvgIpc) is 3.09. The zero-order valence-corrected chi connectivity index (χ0v) is 13.9. The first-order valence-electron chi connectivity index (χ1n) is 7.80. The second kappa shape index (κ2) is 7.81. The van der Waals surface area contributed by atoms with Gasteiger partial charge in [-0.3, -0.25) is 19.9 Å². The van der Waals surface area contributed by atoms with Gasteiger partial charge in [0.25, 0.3) is 11.8 Å². The molecule has 3 rings (SSSR count). The van der Waals surface area contributed by atoms with E-state index in [1.54, 1.807) is 55.6 Å². The van der Waals surface area contributed by atoms with Gasteiger partial charge in [0.2, 0.25) is 0 Å². The van der Waals surface area contributed by atoms with E-state index in [9.17, 15) is 9.59 Å². The molecule has 1 aromatic carbocycles. The second-order valence-electron chi connectivity index (χ2n) is 5.41. The number of pyridine rings is 1. The fourth-order valence-electron chi connectivity index (χ4n) is 2.20. The van der Waals surface area contributed by atoms with Crippen molar-refractivity contribution >= 4 is 17.5 Å². The number of anilines is 1. The normalized spacial score (nSPS) is 9.73. The Morgan fingerprint density at radius 1 is 1.12 bits per heavy atom. The first-order valence-corrected chi connectivity index (χ1v) is 7.80. The summed E-state index contributed by atoms with van der Waals surface area (Å²) in [5.74, 6) is 2.44. The maximum atomic E-state index is 12.2. The molecule has 0 atom stereocenters. The van der Waals surface area contributed by atoms with Crippen LogP contribution in [-0.2, 0) is 0 Å². The number of hydrogen-bond acceptors (Lipinski definition) is 4. The Bertz CT molecular complexity index is 998. The monoisotopic (exact) mass is 345 g/mol. The smallest absolute Gasteiger partial charge is 0.291 e. The third-order valence-corrected chi connectivity index (χ3v) is 3.50. The second-order valence-corrected chi connectivity index (χ2v) is 5.41. The number of aromatic nitrogens is 1. The van der Waals surface area contributed by atoms with Crippen LogP contribution < -0.4 is 10.6 Å². The molecule has 3 aromatic rings. The molecule has 0 aliphatic heterocycles. The Hall–Kier alpha value is -3.85. The van der Waals surface area contributed by atoms with Gasteiger partial charge in [0.15, 0.2) is 5.76 Å². The summed E-state index contributed by atoms with van der Waals surface area (Å²) in [7, 11) is 0. The summed E-state index contributed by atoms with van der Waals surface area (Å²) in [4.78, 5) is 27.9. The summed E-state index contributed by atoms with van der Waals surface area (Å²) >= 11 is 0. The SMILES string of the molecule is Cc1ccoc1C(=O)Nc1cccc(C#CNC(=O)c2cccnc2)c1. The van der Waals surface area contributed by atoms with Crippen molar-refractivity contribution < 1.29 is 14.0 Å². The van der Waals surface area contributed by atoms with Crippen molar-refractivity contribution in [1.29, 1.82) is 0 Å². The van der Waals surface area contributed by atoms with E-state index in [4.69, 9.17) is 4.42 Å². The van der Waals surface area contributed by atoms with Gasteiger partial charge in [-0.05, 0) is 49.2 Å². The third-order valence-electron chi connectivity index (χ3n) is 3.50. The van der Waals surface area contributed by atoms with Crippen LogP contribution >= 0.6 is 0 Å². The molecule has 0 aliphatic rings. The number of benzene rings is 1. The van der Waals surface area contributed by atoms with Crippen LogP contribution in [0.5, 0.6) is 0 Å². The summed E-state index contributed by atoms with van der Waals surface area (Å²) in [5.41, 5.74) is 2.41. The van der Waals surface area contributed by atoms with E-state index in [1.165, 1.54) is 12.5 Å². The van der Waals surface area contributed by atoms with E-state index in [2.05, 4.69) is 27.6 Å². The lowest BCUT2D eigenvalue weighted by atomic mass is 10.2. The van der Waals surface area contributed by atoms with Gasteiger partial charge in [-0.25, -0.2) is 0 Å². The molecule has 2 amide bonds. The lowest BCUT2D eigenvalue weighted by Crippen LogP contribution is -2.17. The van der Waals surface area contributed by atoms with Crippen molar-refractivity contribution in [3.8, 4) is 12.0 Å². The fourth-order valence-corrected chi connectivity index (χ4v) is 2.20. The van der Waals surface area contributed by atoms with Crippen LogP contribution in [0.1, 0.15) is 32.0 Å². The molecule has 0 fully saturated rings. The zero-order valence-electron chi connectivity index (χ0n) is 13.9. The highest BCUT2D eigenvalue weighted by molar-refractivity contribution is 6.03. The molecule has 0 bridgehead atoms. The topological polar surface area (TPSA) is 84.2 Å². The predicted molar refractivity (Wildman–Crippen MR) is 96.4 cm³/mol. The van der Waals surface area contributed by atoms with Gasteiger partial charge in [-0.1, -0.05) is 6.07 Å². The van der Waals surface area contributed by atoms with Crippen LogP contribution in [0.25, 0.3) is 0 Å². The average molecular weight is 345 g/mol. The number of rotatable bonds is 3. The Morgan fingerprint density at radius 3 is 2.73 bits per heavy atom. The van der Waals surface area contributed by atoms with Crippen molar-refractivity contribution in [2.24, 2.45) is 0 Å². The number of amides is 2. The number of nitrogens with one attached hydrogen (secondary N) is 2. The highest BCUT2D eigenvalue weighted by Crippen LogP contribution is 2.14. The molecule has 2 aromatic heterocycles. The zero-order chi connectivity index (χ0) is 18.4. The molecular weight excluding hydrogens is 330 g/mol. The van der Waals surface area contributed by atoms with Crippen molar-refractivity contribution in [3.05, 3.63) is 83.6 Å². The molecule has 6 heteroatoms. The van der Waals surface area contributed by atoms with E-state index in [-0.39, 0.29) is 17.6 Å². The number of furan rings is 1. The van der Waals surface area contributed by atoms with Crippen LogP contribution in [0.3, 0.4) is 0 Å². The van der Waals surface area contributed by atoms with Gasteiger partial charge >= 0.3 is 0 Å². The molecule has 2 N–H and O–H groups in total. The maximum absolute atomic E-state index is 12.2. The number of carbonyl (C=O) groups excluding carboxylic acids is 2. The summed E-state index contributed by atoms with van der Waals surface area (Å²) in [6, 6.07) is 14.6. The quantitative estimate of drug-likeness (QED) is 0.565. The minimum Gasteiger partial charge on any atom is -0.459 e. The molecule has 0 saturated carbocycles. The van der Waals surface area contributed by atoms with Gasteiger partial charge < -0.3 is 9.73 Å². The first-order chi connectivity index (χ1) is 12.6. The predicted octanol–water partition coefficient (Wildman–Crippen LogP) is 2.97. The van der Waals surface area contributed by atoms with Crippen molar-refractivity contribution in [3.63, 3.8) is 0 Å². The number of carbonyl (C=O) groups is 2. The Morgan fingerprint density at radius 2 is 2.00 bits per heavy atom. The number of hydrogen-bond donors (Lipinski definition) is 2. The van der Waals surface area contributed by atoms with Gasteiger partial charge in [0.05, 0.1) is 11.8 Å². The third kappa shape index (κ3) is 4.16. The van der Waals surface area contributed by atoms with Crippen LogP contribution in [0.4, 0.5) is 5.69 Å². The standard InChI is InChI=1S/C20H15N3O3/c1-14-8-11-26-18(14)20(25)23-17-6-2-4-15(12-17)7-10-22-19(24)16-5-3-9-21-13-16/h2-6,8-9,11-13H,1H3,(H,22,24)(H,23,25).